The van der Waals surface area contributed by atoms with Crippen LogP contribution >= 0.6 is 11.8 Å². The van der Waals surface area contributed by atoms with Gasteiger partial charge in [-0.2, -0.15) is 0 Å². The number of fused-ring (bicyclic) bond motifs is 1. The van der Waals surface area contributed by atoms with Crippen LogP contribution in [0.3, 0.4) is 0 Å². The number of esters is 1. The summed E-state index contributed by atoms with van der Waals surface area (Å²) in [6.07, 6.45) is 7.44. The third-order valence-corrected chi connectivity index (χ3v) is 7.44. The second kappa shape index (κ2) is 13.6. The molecule has 0 spiro atoms. The van der Waals surface area contributed by atoms with Crippen molar-refractivity contribution in [3.05, 3.63) is 36.4 Å². The summed E-state index contributed by atoms with van der Waals surface area (Å²) in [7, 11) is 0. The Labute approximate surface area is 242 Å². The fourth-order valence-electron chi connectivity index (χ4n) is 4.19. The van der Waals surface area contributed by atoms with E-state index in [0.717, 1.165) is 41.8 Å². The van der Waals surface area contributed by atoms with Gasteiger partial charge in [0.15, 0.2) is 0 Å². The molecule has 0 aliphatic heterocycles. The Morgan fingerprint density at radius 3 is 2.42 bits per heavy atom. The zero-order valence-electron chi connectivity index (χ0n) is 25.2. The third kappa shape index (κ3) is 8.78. The quantitative estimate of drug-likeness (QED) is 0.171. The van der Waals surface area contributed by atoms with Crippen LogP contribution in [0.15, 0.2) is 35.7 Å². The largest absolute Gasteiger partial charge is 0.465 e. The van der Waals surface area contributed by atoms with E-state index >= 15 is 0 Å². The molecule has 3 aromatic heterocycles. The van der Waals surface area contributed by atoms with Gasteiger partial charge < -0.3 is 9.47 Å². The van der Waals surface area contributed by atoms with Gasteiger partial charge in [0, 0.05) is 22.2 Å². The van der Waals surface area contributed by atoms with Gasteiger partial charge in [0.05, 0.1) is 41.2 Å². The molecule has 0 N–H and O–H groups in total. The lowest BCUT2D eigenvalue weighted by atomic mass is 9.91. The molecule has 40 heavy (non-hydrogen) atoms. The molecular weight excluding hydrogens is 524 g/mol. The molecular formula is C31H44N4O4S. The molecule has 1 unspecified atom stereocenters. The Bertz CT molecular complexity index is 1310. The number of hydrogen-bond donors (Lipinski definition) is 0. The number of nitrogens with zero attached hydrogens (tertiary/aromatic N) is 4. The van der Waals surface area contributed by atoms with Crippen molar-refractivity contribution in [2.24, 2.45) is 5.92 Å². The molecule has 3 rings (SSSR count). The number of aromatic nitrogens is 4. The van der Waals surface area contributed by atoms with Crippen molar-refractivity contribution >= 4 is 34.7 Å². The number of unbranched alkanes of at least 4 members (excludes halogenated alkanes) is 1. The van der Waals surface area contributed by atoms with E-state index in [9.17, 15) is 9.59 Å². The lowest BCUT2D eigenvalue weighted by Gasteiger charge is -2.21. The van der Waals surface area contributed by atoms with E-state index in [1.54, 1.807) is 6.20 Å². The van der Waals surface area contributed by atoms with Gasteiger partial charge in [-0.1, -0.05) is 53.9 Å². The Hall–Kier alpha value is -2.94. The number of carbonyl (C=O) groups excluding carboxylic acids is 2. The van der Waals surface area contributed by atoms with Gasteiger partial charge in [-0.25, -0.2) is 24.3 Å². The third-order valence-electron chi connectivity index (χ3n) is 6.52. The zero-order chi connectivity index (χ0) is 29.5. The summed E-state index contributed by atoms with van der Waals surface area (Å²) in [4.78, 5) is 39.2. The van der Waals surface area contributed by atoms with Crippen molar-refractivity contribution in [3.63, 3.8) is 0 Å². The molecule has 0 fully saturated rings. The average molecular weight is 569 g/mol. The van der Waals surface area contributed by atoms with Gasteiger partial charge in [0.2, 0.25) is 0 Å². The minimum Gasteiger partial charge on any atom is -0.465 e. The molecule has 0 amide bonds. The molecule has 0 radical (unpaired) electrons. The highest BCUT2D eigenvalue weighted by molar-refractivity contribution is 7.99. The standard InChI is InChI=1S/C31H44N4O4S/c1-9-11-12-21(10-2)19-38-28(36)13-14-40-27-16-22-15-24(23-17-26(30(3,4)5)34-20-33-23)35(25(22)18-32-27)29(37)39-31(6,7)8/h15-18,20-21H,9-14,19H2,1-8H3. The fourth-order valence-corrected chi connectivity index (χ4v) is 5.00. The maximum absolute atomic E-state index is 13.3. The van der Waals surface area contributed by atoms with E-state index in [1.807, 2.05) is 39.0 Å². The van der Waals surface area contributed by atoms with E-state index in [4.69, 9.17) is 9.47 Å². The predicted molar refractivity (Wildman–Crippen MR) is 161 cm³/mol. The first-order valence-electron chi connectivity index (χ1n) is 14.2. The maximum Gasteiger partial charge on any atom is 0.419 e. The van der Waals surface area contributed by atoms with Crippen molar-refractivity contribution in [2.75, 3.05) is 12.4 Å². The molecule has 3 heterocycles. The van der Waals surface area contributed by atoms with Gasteiger partial charge in [-0.3, -0.25) is 4.79 Å². The van der Waals surface area contributed by atoms with Crippen LogP contribution in [0.25, 0.3) is 22.3 Å². The molecule has 0 bridgehead atoms. The Morgan fingerprint density at radius 2 is 1.77 bits per heavy atom. The first-order valence-corrected chi connectivity index (χ1v) is 15.2. The second-order valence-electron chi connectivity index (χ2n) is 12.2. The Kier molecular flexibility index (Phi) is 10.8. The van der Waals surface area contributed by atoms with Gasteiger partial charge in [0.1, 0.15) is 11.9 Å². The molecule has 0 aliphatic rings. The van der Waals surface area contributed by atoms with Crippen LogP contribution in [0.5, 0.6) is 0 Å². The minimum atomic E-state index is -0.668. The minimum absolute atomic E-state index is 0.180. The second-order valence-corrected chi connectivity index (χ2v) is 13.3. The zero-order valence-corrected chi connectivity index (χ0v) is 26.1. The summed E-state index contributed by atoms with van der Waals surface area (Å²) in [6, 6.07) is 5.77. The van der Waals surface area contributed by atoms with Crippen molar-refractivity contribution in [3.8, 4) is 11.4 Å². The number of rotatable bonds is 11. The monoisotopic (exact) mass is 568 g/mol. The average Bonchev–Trinajstić information content (AvgIpc) is 3.26. The van der Waals surface area contributed by atoms with Crippen molar-refractivity contribution in [1.82, 2.24) is 19.5 Å². The number of hydrogen-bond acceptors (Lipinski definition) is 8. The molecule has 1 atom stereocenters. The van der Waals surface area contributed by atoms with Gasteiger partial charge in [-0.05, 0) is 51.3 Å². The van der Waals surface area contributed by atoms with E-state index in [2.05, 4.69) is 49.6 Å². The highest BCUT2D eigenvalue weighted by atomic mass is 32.2. The lowest BCUT2D eigenvalue weighted by molar-refractivity contribution is -0.144. The normalized spacial score (nSPS) is 12.9. The van der Waals surface area contributed by atoms with Crippen molar-refractivity contribution < 1.29 is 19.1 Å². The van der Waals surface area contributed by atoms with Gasteiger partial charge >= 0.3 is 12.1 Å². The van der Waals surface area contributed by atoms with Crippen LogP contribution in [-0.2, 0) is 19.7 Å². The summed E-state index contributed by atoms with van der Waals surface area (Å²) >= 11 is 1.49. The van der Waals surface area contributed by atoms with Crippen LogP contribution in [0, 0.1) is 5.92 Å². The predicted octanol–water partition coefficient (Wildman–Crippen LogP) is 7.82. The highest BCUT2D eigenvalue weighted by Gasteiger charge is 2.25. The van der Waals surface area contributed by atoms with Gasteiger partial charge in [0.25, 0.3) is 0 Å². The molecule has 218 valence electrons. The van der Waals surface area contributed by atoms with E-state index in [0.29, 0.717) is 41.6 Å². The van der Waals surface area contributed by atoms with Gasteiger partial charge in [-0.15, -0.1) is 11.8 Å². The molecule has 0 aromatic carbocycles. The lowest BCUT2D eigenvalue weighted by Crippen LogP contribution is -2.27. The molecule has 0 saturated carbocycles. The number of thioether (sulfide) groups is 1. The molecule has 3 aromatic rings. The molecule has 0 saturated heterocycles. The summed E-state index contributed by atoms with van der Waals surface area (Å²) in [6.45, 7) is 16.6. The van der Waals surface area contributed by atoms with Crippen molar-refractivity contribution in [1.29, 1.82) is 0 Å². The smallest absolute Gasteiger partial charge is 0.419 e. The van der Waals surface area contributed by atoms with Crippen LogP contribution in [-0.4, -0.2) is 49.5 Å². The highest BCUT2D eigenvalue weighted by Crippen LogP contribution is 2.32. The van der Waals surface area contributed by atoms with E-state index < -0.39 is 11.7 Å². The number of ether oxygens (including phenoxy) is 2. The fraction of sp³-hybridized carbons (Fsp3) is 0.581. The van der Waals surface area contributed by atoms with Crippen LogP contribution in [0.1, 0.15) is 93.2 Å². The summed E-state index contributed by atoms with van der Waals surface area (Å²) in [5, 5.41) is 1.60. The molecule has 9 heteroatoms. The van der Waals surface area contributed by atoms with E-state index in [1.165, 1.54) is 22.7 Å². The first kappa shape index (κ1) is 31.6. The Morgan fingerprint density at radius 1 is 1.02 bits per heavy atom. The number of pyridine rings is 1. The maximum atomic E-state index is 13.3. The molecule has 0 aliphatic carbocycles. The topological polar surface area (TPSA) is 96.2 Å². The SMILES string of the molecule is CCCCC(CC)COC(=O)CCSc1cc2cc(-c3cc(C(C)(C)C)ncn3)n(C(=O)OC(C)(C)C)c2cn1. The van der Waals surface area contributed by atoms with Crippen LogP contribution < -0.4 is 0 Å². The van der Waals surface area contributed by atoms with Crippen molar-refractivity contribution in [2.45, 2.75) is 104 Å². The summed E-state index contributed by atoms with van der Waals surface area (Å²) in [5.41, 5.74) is 1.89. The van der Waals surface area contributed by atoms with Crippen LogP contribution in [0.4, 0.5) is 4.79 Å². The first-order chi connectivity index (χ1) is 18.8. The molecule has 8 nitrogen and oxygen atoms in total. The Balaban J connectivity index is 1.81. The van der Waals surface area contributed by atoms with Crippen LogP contribution in [0.2, 0.25) is 0 Å². The summed E-state index contributed by atoms with van der Waals surface area (Å²) < 4.78 is 12.8. The summed E-state index contributed by atoms with van der Waals surface area (Å²) in [5.74, 6) is 0.808. The number of carbonyl (C=O) groups is 2. The van der Waals surface area contributed by atoms with E-state index in [-0.39, 0.29) is 11.4 Å².